The molecule has 0 spiro atoms. The van der Waals surface area contributed by atoms with Crippen molar-refractivity contribution in [3.8, 4) is 0 Å². The molecule has 1 aromatic rings. The maximum Gasteiger partial charge on any atom is 0.411 e. The van der Waals surface area contributed by atoms with Gasteiger partial charge < -0.3 is 4.74 Å². The van der Waals surface area contributed by atoms with Gasteiger partial charge in [-0.3, -0.25) is 10.3 Å². The molecule has 1 fully saturated rings. The summed E-state index contributed by atoms with van der Waals surface area (Å²) in [6, 6.07) is 1.50. The fourth-order valence-electron chi connectivity index (χ4n) is 2.13. The van der Waals surface area contributed by atoms with E-state index in [1.807, 2.05) is 6.92 Å². The van der Waals surface area contributed by atoms with Crippen molar-refractivity contribution >= 4 is 23.4 Å². The summed E-state index contributed by atoms with van der Waals surface area (Å²) in [4.78, 5) is 15.5. The first-order valence-corrected chi connectivity index (χ1v) is 7.26. The predicted molar refractivity (Wildman–Crippen MR) is 76.0 cm³/mol. The lowest BCUT2D eigenvalue weighted by Crippen LogP contribution is -2.34. The third-order valence-electron chi connectivity index (χ3n) is 3.32. The molecule has 1 aromatic heterocycles. The molecule has 1 heterocycles. The highest BCUT2D eigenvalue weighted by molar-refractivity contribution is 6.31. The van der Waals surface area contributed by atoms with Crippen LogP contribution in [0, 0.1) is 0 Å². The lowest BCUT2D eigenvalue weighted by Gasteiger charge is -2.34. The highest BCUT2D eigenvalue weighted by Gasteiger charge is 2.47. The SMILES string of the molecule is CCCCOC(=O)Nc1cnc(C2CC(F)(F)C2)c(Cl)c1. The number of carbonyl (C=O) groups is 1. The lowest BCUT2D eigenvalue weighted by atomic mass is 9.79. The van der Waals surface area contributed by atoms with Gasteiger partial charge >= 0.3 is 6.09 Å². The summed E-state index contributed by atoms with van der Waals surface area (Å²) < 4.78 is 30.7. The van der Waals surface area contributed by atoms with Crippen LogP contribution >= 0.6 is 11.6 Å². The summed E-state index contributed by atoms with van der Waals surface area (Å²) in [6.07, 6.45) is 2.09. The second kappa shape index (κ2) is 6.56. The molecule has 0 unspecified atom stereocenters. The van der Waals surface area contributed by atoms with E-state index in [1.54, 1.807) is 0 Å². The average Bonchev–Trinajstić information content (AvgIpc) is 2.36. The summed E-state index contributed by atoms with van der Waals surface area (Å²) in [7, 11) is 0. The molecule has 0 aromatic carbocycles. The third kappa shape index (κ3) is 4.27. The number of pyridine rings is 1. The molecule has 1 amide bonds. The molecular weight excluding hydrogens is 302 g/mol. The molecule has 116 valence electrons. The number of halogens is 3. The molecule has 1 aliphatic carbocycles. The second-order valence-corrected chi connectivity index (χ2v) is 5.57. The Morgan fingerprint density at radius 1 is 1.57 bits per heavy atom. The van der Waals surface area contributed by atoms with Crippen LogP contribution in [-0.4, -0.2) is 23.6 Å². The van der Waals surface area contributed by atoms with Gasteiger partial charge in [-0.2, -0.15) is 0 Å². The molecule has 1 aliphatic rings. The topological polar surface area (TPSA) is 51.2 Å². The minimum Gasteiger partial charge on any atom is -0.449 e. The summed E-state index contributed by atoms with van der Waals surface area (Å²) >= 11 is 6.04. The Balaban J connectivity index is 1.92. The van der Waals surface area contributed by atoms with Crippen LogP contribution in [0.15, 0.2) is 12.3 Å². The Morgan fingerprint density at radius 3 is 2.86 bits per heavy atom. The van der Waals surface area contributed by atoms with Gasteiger partial charge in [-0.25, -0.2) is 13.6 Å². The molecule has 4 nitrogen and oxygen atoms in total. The molecule has 7 heteroatoms. The van der Waals surface area contributed by atoms with Gasteiger partial charge in [0.2, 0.25) is 5.92 Å². The summed E-state index contributed by atoms with van der Waals surface area (Å²) in [6.45, 7) is 2.34. The number of unbranched alkanes of at least 4 members (excludes halogenated alkanes) is 1. The molecular formula is C14H17ClF2N2O2. The van der Waals surface area contributed by atoms with Crippen LogP contribution in [0.5, 0.6) is 0 Å². The van der Waals surface area contributed by atoms with Gasteiger partial charge in [0, 0.05) is 18.8 Å². The van der Waals surface area contributed by atoms with E-state index in [9.17, 15) is 13.6 Å². The fourth-order valence-corrected chi connectivity index (χ4v) is 2.46. The Morgan fingerprint density at radius 2 is 2.29 bits per heavy atom. The third-order valence-corrected chi connectivity index (χ3v) is 3.63. The molecule has 1 saturated carbocycles. The highest BCUT2D eigenvalue weighted by atomic mass is 35.5. The van der Waals surface area contributed by atoms with Crippen molar-refractivity contribution < 1.29 is 18.3 Å². The number of hydrogen-bond donors (Lipinski definition) is 1. The Labute approximate surface area is 126 Å². The number of rotatable bonds is 5. The smallest absolute Gasteiger partial charge is 0.411 e. The van der Waals surface area contributed by atoms with Crippen LogP contribution in [0.2, 0.25) is 5.02 Å². The largest absolute Gasteiger partial charge is 0.449 e. The maximum absolute atomic E-state index is 12.9. The number of nitrogens with one attached hydrogen (secondary N) is 1. The van der Waals surface area contributed by atoms with E-state index in [0.717, 1.165) is 12.8 Å². The molecule has 0 radical (unpaired) electrons. The molecule has 1 N–H and O–H groups in total. The van der Waals surface area contributed by atoms with E-state index in [-0.39, 0.29) is 23.8 Å². The summed E-state index contributed by atoms with van der Waals surface area (Å²) in [5.74, 6) is -2.94. The second-order valence-electron chi connectivity index (χ2n) is 5.17. The predicted octanol–water partition coefficient (Wildman–Crippen LogP) is 4.60. The van der Waals surface area contributed by atoms with Crippen molar-refractivity contribution in [1.29, 1.82) is 0 Å². The molecule has 0 aliphatic heterocycles. The van der Waals surface area contributed by atoms with E-state index in [2.05, 4.69) is 10.3 Å². The van der Waals surface area contributed by atoms with Crippen LogP contribution in [-0.2, 0) is 4.74 Å². The van der Waals surface area contributed by atoms with Gasteiger partial charge in [-0.15, -0.1) is 0 Å². The van der Waals surface area contributed by atoms with Crippen LogP contribution in [0.1, 0.15) is 44.2 Å². The average molecular weight is 319 g/mol. The normalized spacial score (nSPS) is 17.1. The minimum absolute atomic E-state index is 0.231. The highest BCUT2D eigenvalue weighted by Crippen LogP contribution is 2.49. The number of amides is 1. The number of carbonyl (C=O) groups excluding carboxylic acids is 1. The van der Waals surface area contributed by atoms with Gasteiger partial charge in [0.1, 0.15) is 0 Å². The number of ether oxygens (including phenoxy) is 1. The van der Waals surface area contributed by atoms with Crippen LogP contribution in [0.25, 0.3) is 0 Å². The van der Waals surface area contributed by atoms with Crippen LogP contribution in [0.3, 0.4) is 0 Å². The zero-order valence-electron chi connectivity index (χ0n) is 11.7. The van der Waals surface area contributed by atoms with E-state index in [0.29, 0.717) is 18.0 Å². The molecule has 0 atom stereocenters. The Kier molecular flexibility index (Phi) is 4.98. The van der Waals surface area contributed by atoms with Crippen molar-refractivity contribution in [3.05, 3.63) is 23.0 Å². The zero-order valence-corrected chi connectivity index (χ0v) is 12.4. The minimum atomic E-state index is -2.62. The number of aromatic nitrogens is 1. The number of anilines is 1. The van der Waals surface area contributed by atoms with Crippen LogP contribution in [0.4, 0.5) is 19.3 Å². The van der Waals surface area contributed by atoms with Gasteiger partial charge in [-0.1, -0.05) is 24.9 Å². The van der Waals surface area contributed by atoms with Crippen molar-refractivity contribution in [2.24, 2.45) is 0 Å². The number of alkyl halides is 2. The van der Waals surface area contributed by atoms with E-state index >= 15 is 0 Å². The zero-order chi connectivity index (χ0) is 15.5. The van der Waals surface area contributed by atoms with Gasteiger partial charge in [-0.05, 0) is 12.5 Å². The van der Waals surface area contributed by atoms with E-state index in [4.69, 9.17) is 16.3 Å². The summed E-state index contributed by atoms with van der Waals surface area (Å²) in [5, 5.41) is 2.78. The van der Waals surface area contributed by atoms with Crippen molar-refractivity contribution in [2.75, 3.05) is 11.9 Å². The molecule has 21 heavy (non-hydrogen) atoms. The van der Waals surface area contributed by atoms with E-state index in [1.165, 1.54) is 12.3 Å². The first kappa shape index (κ1) is 15.9. The Hall–Kier alpha value is -1.43. The summed E-state index contributed by atoms with van der Waals surface area (Å²) in [5.41, 5.74) is 0.837. The van der Waals surface area contributed by atoms with E-state index < -0.39 is 12.0 Å². The number of nitrogens with zero attached hydrogens (tertiary/aromatic N) is 1. The Bertz CT molecular complexity index is 518. The van der Waals surface area contributed by atoms with Crippen molar-refractivity contribution in [1.82, 2.24) is 4.98 Å². The van der Waals surface area contributed by atoms with Gasteiger partial charge in [0.05, 0.1) is 29.2 Å². The fraction of sp³-hybridized carbons (Fsp3) is 0.571. The van der Waals surface area contributed by atoms with Crippen molar-refractivity contribution in [3.63, 3.8) is 0 Å². The van der Waals surface area contributed by atoms with Crippen molar-refractivity contribution in [2.45, 2.75) is 44.4 Å². The maximum atomic E-state index is 12.9. The standard InChI is InChI=1S/C14H17ClF2N2O2/c1-2-3-4-21-13(20)19-10-5-11(15)12(18-8-10)9-6-14(16,17)7-9/h5,8-9H,2-4,6-7H2,1H3,(H,19,20). The van der Waals surface area contributed by atoms with Gasteiger partial charge in [0.15, 0.2) is 0 Å². The molecule has 2 rings (SSSR count). The van der Waals surface area contributed by atoms with Crippen LogP contribution < -0.4 is 5.32 Å². The van der Waals surface area contributed by atoms with Gasteiger partial charge in [0.25, 0.3) is 0 Å². The molecule has 0 bridgehead atoms. The number of hydrogen-bond acceptors (Lipinski definition) is 3. The first-order valence-electron chi connectivity index (χ1n) is 6.88. The first-order chi connectivity index (χ1) is 9.91. The lowest BCUT2D eigenvalue weighted by molar-refractivity contribution is -0.0875. The quantitative estimate of drug-likeness (QED) is 0.807. The molecule has 0 saturated heterocycles. The monoisotopic (exact) mass is 318 g/mol.